The van der Waals surface area contributed by atoms with Gasteiger partial charge < -0.3 is 18.8 Å². The van der Waals surface area contributed by atoms with E-state index < -0.39 is 5.79 Å². The molecule has 28 heavy (non-hydrogen) atoms. The molecule has 0 radical (unpaired) electrons. The molecule has 4 rings (SSSR count). The first kappa shape index (κ1) is 19.3. The molecule has 2 aromatic carbocycles. The minimum Gasteiger partial charge on any atom is -0.491 e. The summed E-state index contributed by atoms with van der Waals surface area (Å²) in [4.78, 5) is 4.11. The highest BCUT2D eigenvalue weighted by Gasteiger charge is 2.44. The first-order chi connectivity index (χ1) is 13.5. The molecule has 0 saturated carbocycles. The summed E-state index contributed by atoms with van der Waals surface area (Å²) >= 11 is 12.1. The molecule has 1 aliphatic heterocycles. The maximum absolute atomic E-state index is 6.37. The Bertz CT molecular complexity index is 931. The molecule has 0 bridgehead atoms. The molecule has 2 unspecified atom stereocenters. The molecule has 1 fully saturated rings. The molecule has 0 spiro atoms. The van der Waals surface area contributed by atoms with E-state index >= 15 is 0 Å². The fraction of sp³-hybridized carbons (Fsp3) is 0.286. The predicted molar refractivity (Wildman–Crippen MR) is 108 cm³/mol. The van der Waals surface area contributed by atoms with E-state index in [1.807, 2.05) is 60.2 Å². The molecule has 1 saturated heterocycles. The second-order valence-corrected chi connectivity index (χ2v) is 7.64. The van der Waals surface area contributed by atoms with Crippen molar-refractivity contribution in [2.45, 2.75) is 25.4 Å². The van der Waals surface area contributed by atoms with E-state index in [1.165, 1.54) is 0 Å². The van der Waals surface area contributed by atoms with Gasteiger partial charge in [0.2, 0.25) is 5.79 Å². The fourth-order valence-electron chi connectivity index (χ4n) is 3.25. The minimum absolute atomic E-state index is 0.214. The second-order valence-electron chi connectivity index (χ2n) is 6.77. The number of ether oxygens (including phenoxy) is 3. The van der Waals surface area contributed by atoms with E-state index in [-0.39, 0.29) is 6.10 Å². The maximum Gasteiger partial charge on any atom is 0.214 e. The van der Waals surface area contributed by atoms with Crippen molar-refractivity contribution >= 4 is 23.2 Å². The third kappa shape index (κ3) is 4.18. The molecule has 5 nitrogen and oxygen atoms in total. The molecule has 146 valence electrons. The van der Waals surface area contributed by atoms with Crippen LogP contribution in [0.25, 0.3) is 0 Å². The summed E-state index contributed by atoms with van der Waals surface area (Å²) in [5.74, 6) is -0.138. The normalized spacial score (nSPS) is 21.8. The van der Waals surface area contributed by atoms with Gasteiger partial charge in [-0.3, -0.25) is 0 Å². The van der Waals surface area contributed by atoms with Crippen LogP contribution in [0.15, 0.2) is 61.2 Å². The smallest absolute Gasteiger partial charge is 0.214 e. The quantitative estimate of drug-likeness (QED) is 0.573. The Morgan fingerprint density at radius 3 is 2.68 bits per heavy atom. The molecule has 0 aliphatic carbocycles. The zero-order chi connectivity index (χ0) is 19.6. The molecule has 7 heteroatoms. The van der Waals surface area contributed by atoms with Gasteiger partial charge in [0.15, 0.2) is 0 Å². The van der Waals surface area contributed by atoms with E-state index in [1.54, 1.807) is 12.5 Å². The Hall–Kier alpha value is -2.05. The number of aryl methyl sites for hydroxylation is 1. The van der Waals surface area contributed by atoms with Crippen LogP contribution in [0.1, 0.15) is 11.1 Å². The van der Waals surface area contributed by atoms with Crippen LogP contribution in [0.5, 0.6) is 5.75 Å². The highest BCUT2D eigenvalue weighted by atomic mass is 35.5. The van der Waals surface area contributed by atoms with Gasteiger partial charge in [-0.05, 0) is 42.8 Å². The molecule has 0 amide bonds. The van der Waals surface area contributed by atoms with E-state index in [0.717, 1.165) is 16.9 Å². The Kier molecular flexibility index (Phi) is 5.60. The topological polar surface area (TPSA) is 45.5 Å². The van der Waals surface area contributed by atoms with Crippen molar-refractivity contribution in [1.29, 1.82) is 0 Å². The van der Waals surface area contributed by atoms with E-state index in [9.17, 15) is 0 Å². The summed E-state index contributed by atoms with van der Waals surface area (Å²) in [7, 11) is 0. The van der Waals surface area contributed by atoms with Gasteiger partial charge >= 0.3 is 0 Å². The number of aromatic nitrogens is 2. The lowest BCUT2D eigenvalue weighted by Crippen LogP contribution is -2.34. The summed E-state index contributed by atoms with van der Waals surface area (Å²) in [5.41, 5.74) is 1.88. The minimum atomic E-state index is -0.922. The van der Waals surface area contributed by atoms with Gasteiger partial charge in [0, 0.05) is 28.0 Å². The Morgan fingerprint density at radius 1 is 1.18 bits per heavy atom. The summed E-state index contributed by atoms with van der Waals surface area (Å²) in [5, 5.41) is 1.35. The van der Waals surface area contributed by atoms with Crippen molar-refractivity contribution in [2.24, 2.45) is 0 Å². The van der Waals surface area contributed by atoms with Crippen LogP contribution in [-0.4, -0.2) is 28.9 Å². The van der Waals surface area contributed by atoms with Gasteiger partial charge in [-0.1, -0.05) is 35.3 Å². The van der Waals surface area contributed by atoms with Crippen molar-refractivity contribution in [3.8, 4) is 5.75 Å². The first-order valence-corrected chi connectivity index (χ1v) is 9.72. The lowest BCUT2D eigenvalue weighted by molar-refractivity contribution is -0.189. The lowest BCUT2D eigenvalue weighted by atomic mass is 10.1. The molecule has 3 aromatic rings. The van der Waals surface area contributed by atoms with E-state index in [2.05, 4.69) is 4.98 Å². The van der Waals surface area contributed by atoms with Gasteiger partial charge in [0.25, 0.3) is 0 Å². The van der Waals surface area contributed by atoms with Gasteiger partial charge in [-0.25, -0.2) is 4.98 Å². The number of hydrogen-bond donors (Lipinski definition) is 0. The van der Waals surface area contributed by atoms with Crippen molar-refractivity contribution in [1.82, 2.24) is 9.55 Å². The molecular formula is C21H20Cl2N2O3. The van der Waals surface area contributed by atoms with Gasteiger partial charge in [0.05, 0.1) is 19.5 Å². The first-order valence-electron chi connectivity index (χ1n) is 8.97. The average Bonchev–Trinajstić information content (AvgIpc) is 3.33. The Labute approximate surface area is 173 Å². The van der Waals surface area contributed by atoms with Crippen LogP contribution in [0.4, 0.5) is 0 Å². The summed E-state index contributed by atoms with van der Waals surface area (Å²) < 4.78 is 20.4. The second kappa shape index (κ2) is 8.13. The number of rotatable bonds is 6. The molecular weight excluding hydrogens is 399 g/mol. The zero-order valence-corrected chi connectivity index (χ0v) is 16.9. The highest BCUT2D eigenvalue weighted by Crippen LogP contribution is 2.37. The average molecular weight is 419 g/mol. The van der Waals surface area contributed by atoms with Crippen LogP contribution in [-0.2, 0) is 21.8 Å². The molecule has 1 aliphatic rings. The highest BCUT2D eigenvalue weighted by molar-refractivity contribution is 6.30. The van der Waals surface area contributed by atoms with Gasteiger partial charge in [-0.2, -0.15) is 0 Å². The Morgan fingerprint density at radius 2 is 1.96 bits per heavy atom. The third-order valence-electron chi connectivity index (χ3n) is 4.66. The summed E-state index contributed by atoms with van der Waals surface area (Å²) in [6, 6.07) is 13.1. The van der Waals surface area contributed by atoms with Crippen LogP contribution in [0.3, 0.4) is 0 Å². The van der Waals surface area contributed by atoms with Gasteiger partial charge in [0.1, 0.15) is 18.5 Å². The van der Waals surface area contributed by atoms with Crippen LogP contribution < -0.4 is 4.74 Å². The van der Waals surface area contributed by atoms with E-state index in [4.69, 9.17) is 37.4 Å². The molecule has 1 aromatic heterocycles. The van der Waals surface area contributed by atoms with Crippen molar-refractivity contribution in [3.05, 3.63) is 82.4 Å². The molecule has 2 heterocycles. The standard InChI is InChI=1S/C21H20Cl2N2O3/c1-15-10-18(23)6-7-20(15)26-11-19-12-27-21(28-19,13-25-9-8-24-14-25)16-2-4-17(22)5-3-16/h2-10,14,19H,11-13H2,1H3. The van der Waals surface area contributed by atoms with Crippen molar-refractivity contribution in [2.75, 3.05) is 13.2 Å². The zero-order valence-electron chi connectivity index (χ0n) is 15.3. The lowest BCUT2D eigenvalue weighted by Gasteiger charge is -2.29. The number of nitrogens with zero attached hydrogens (tertiary/aromatic N) is 2. The monoisotopic (exact) mass is 418 g/mol. The maximum atomic E-state index is 6.37. The van der Waals surface area contributed by atoms with Crippen molar-refractivity contribution in [3.63, 3.8) is 0 Å². The number of imidazole rings is 1. The van der Waals surface area contributed by atoms with Crippen LogP contribution >= 0.6 is 23.2 Å². The SMILES string of the molecule is Cc1cc(Cl)ccc1OCC1COC(Cn2ccnc2)(c2ccc(Cl)cc2)O1. The summed E-state index contributed by atoms with van der Waals surface area (Å²) in [6.45, 7) is 3.24. The van der Waals surface area contributed by atoms with Gasteiger partial charge in [-0.15, -0.1) is 0 Å². The molecule has 2 atom stereocenters. The van der Waals surface area contributed by atoms with Crippen LogP contribution in [0, 0.1) is 6.92 Å². The fourth-order valence-corrected chi connectivity index (χ4v) is 3.61. The van der Waals surface area contributed by atoms with Crippen molar-refractivity contribution < 1.29 is 14.2 Å². The largest absolute Gasteiger partial charge is 0.491 e. The number of halogens is 2. The van der Waals surface area contributed by atoms with Crippen LogP contribution in [0.2, 0.25) is 10.0 Å². The molecule has 0 N–H and O–H groups in total. The number of hydrogen-bond acceptors (Lipinski definition) is 4. The summed E-state index contributed by atoms with van der Waals surface area (Å²) in [6.07, 6.45) is 5.14. The third-order valence-corrected chi connectivity index (χ3v) is 5.14. The van der Waals surface area contributed by atoms with E-state index in [0.29, 0.717) is 29.8 Å². The Balaban J connectivity index is 1.51. The predicted octanol–water partition coefficient (Wildman–Crippen LogP) is 4.85. The number of benzene rings is 2.